The largest absolute Gasteiger partial charge is 0.264 e. The molecule has 0 N–H and O–H groups in total. The summed E-state index contributed by atoms with van der Waals surface area (Å²) in [5.41, 5.74) is 22.7. The first-order valence-electron chi connectivity index (χ1n) is 46.8. The summed E-state index contributed by atoms with van der Waals surface area (Å²) in [6.07, 6.45) is 7.61. The van der Waals surface area contributed by atoms with E-state index < -0.39 is 0 Å². The summed E-state index contributed by atoms with van der Waals surface area (Å²) in [7, 11) is 0. The molecule has 0 unspecified atom stereocenters. The topological polar surface area (TPSA) is 103 Å². The minimum Gasteiger partial charge on any atom is -0.264 e. The Morgan fingerprint density at radius 2 is 0.423 bits per heavy atom. The van der Waals surface area contributed by atoms with Crippen molar-refractivity contribution >= 4 is 204 Å². The van der Waals surface area contributed by atoms with E-state index >= 15 is 0 Å². The Balaban J connectivity index is 0.000000144. The quantitative estimate of drug-likeness (QED) is 0.112. The highest BCUT2D eigenvalue weighted by Crippen LogP contribution is 2.56. The Morgan fingerprint density at radius 1 is 0.174 bits per heavy atom. The predicted octanol–water partition coefficient (Wildman–Crippen LogP) is 43.2. The maximum atomic E-state index is 5.18. The number of rotatable bonds is 13. The SMILES string of the molecule is C.C.C.C.C.C.C.C.Cc1cc2c(-c3cccc4ccccc34)c3sc(C)cc3c(-c3ccc(-c4cccc5ccccc45)cc3)c2s1.Cc1cc2c(-c3cccnc3)c3sc(C)cc3c(-c3cccnc3)c2s1.Cc1cc2c(-c3cccs3)c3sc(C)cc3c(-c3ccccc3)c2s1.Cc1cc2c(-c3nc(-c4ccccc4)nc(-c4ccccc4)n3)c3sc(C)cc3c(-c3nc(-c4ccccc4)nc(-c4ccccc4)n3)c2s1. The van der Waals surface area contributed by atoms with Crippen LogP contribution >= 0.6 is 102 Å². The molecule has 0 spiro atoms. The Bertz CT molecular complexity index is 8800. The molecule has 27 rings (SSSR count). The van der Waals surface area contributed by atoms with Crippen LogP contribution in [0, 0.1) is 55.4 Å². The van der Waals surface area contributed by atoms with Gasteiger partial charge in [0.2, 0.25) is 0 Å². The van der Waals surface area contributed by atoms with Gasteiger partial charge in [0.05, 0.1) is 0 Å². The van der Waals surface area contributed by atoms with Gasteiger partial charge in [0, 0.05) is 227 Å². The molecule has 0 aliphatic heterocycles. The maximum absolute atomic E-state index is 5.18. The summed E-state index contributed by atoms with van der Waals surface area (Å²) in [5.74, 6) is 3.83. The lowest BCUT2D eigenvalue weighted by Gasteiger charge is -2.14. The summed E-state index contributed by atoms with van der Waals surface area (Å²) < 4.78 is 10.4. The lowest BCUT2D eigenvalue weighted by Crippen LogP contribution is -2.02. The van der Waals surface area contributed by atoms with Crippen LogP contribution in [0.3, 0.4) is 0 Å². The van der Waals surface area contributed by atoms with Crippen molar-refractivity contribution in [1.82, 2.24) is 39.9 Å². The first-order valence-corrected chi connectivity index (χ1v) is 54.2. The van der Waals surface area contributed by atoms with Gasteiger partial charge >= 0.3 is 0 Å². The predicted molar refractivity (Wildman–Crippen MR) is 666 cm³/mol. The van der Waals surface area contributed by atoms with Crippen molar-refractivity contribution in [3.8, 4) is 146 Å². The Kier molecular flexibility index (Phi) is 32.7. The first-order chi connectivity index (χ1) is 69.2. The molecule has 0 fully saturated rings. The fraction of sp³-hybridized carbons (Fsp3) is 0.121. The zero-order valence-electron chi connectivity index (χ0n) is 78.0. The highest BCUT2D eigenvalue weighted by molar-refractivity contribution is 7.24. The van der Waals surface area contributed by atoms with E-state index in [4.69, 9.17) is 29.9 Å². The van der Waals surface area contributed by atoms with Crippen LogP contribution in [0.2, 0.25) is 0 Å². The summed E-state index contributed by atoms with van der Waals surface area (Å²) in [6, 6.07) is 123. The van der Waals surface area contributed by atoms with E-state index in [-0.39, 0.29) is 59.4 Å². The number of fused-ring (bicyclic) bond motifs is 10. The Labute approximate surface area is 911 Å². The van der Waals surface area contributed by atoms with Crippen molar-refractivity contribution in [3.63, 3.8) is 0 Å². The molecule has 0 atom stereocenters. The zero-order valence-corrected chi connectivity index (χ0v) is 85.4. The summed E-state index contributed by atoms with van der Waals surface area (Å²) >= 11 is 16.7. The van der Waals surface area contributed by atoms with Crippen molar-refractivity contribution in [2.24, 2.45) is 0 Å². The van der Waals surface area contributed by atoms with Crippen molar-refractivity contribution < 1.29 is 0 Å². The Morgan fingerprint density at radius 3 is 0.758 bits per heavy atom. The lowest BCUT2D eigenvalue weighted by atomic mass is 9.90. The van der Waals surface area contributed by atoms with Crippen LogP contribution in [0.4, 0.5) is 0 Å². The monoisotopic (exact) mass is 2100 g/mol. The average Bonchev–Trinajstić information content (AvgIpc) is 1.59. The number of pyridine rings is 2. The maximum Gasteiger partial charge on any atom is 0.166 e. The average molecular weight is 2110 g/mol. The molecule has 17 heteroatoms. The van der Waals surface area contributed by atoms with E-state index in [0.717, 1.165) is 53.6 Å². The third-order valence-electron chi connectivity index (χ3n) is 25.7. The third-order valence-corrected chi connectivity index (χ3v) is 35.2. The number of aromatic nitrogens is 8. The van der Waals surface area contributed by atoms with Crippen LogP contribution in [0.15, 0.2) is 376 Å². The highest BCUT2D eigenvalue weighted by Gasteiger charge is 2.30. The fourth-order valence-electron chi connectivity index (χ4n) is 19.8. The van der Waals surface area contributed by atoms with E-state index in [1.165, 1.54) is 198 Å². The summed E-state index contributed by atoms with van der Waals surface area (Å²) in [5, 5.41) is 17.6. The molecular formula is C132H118N8S9. The molecule has 8 nitrogen and oxygen atoms in total. The molecule has 14 aromatic carbocycles. The lowest BCUT2D eigenvalue weighted by molar-refractivity contribution is 1.08. The number of hydrogen-bond donors (Lipinski definition) is 0. The molecular weight excluding hydrogens is 1990 g/mol. The molecule has 0 saturated heterocycles. The second-order valence-corrected chi connectivity index (χ2v) is 46.3. The van der Waals surface area contributed by atoms with E-state index in [0.29, 0.717) is 34.9 Å². The number of nitrogens with zero attached hydrogens (tertiary/aromatic N) is 8. The van der Waals surface area contributed by atoms with Gasteiger partial charge in [0.15, 0.2) is 34.9 Å². The molecule has 740 valence electrons. The van der Waals surface area contributed by atoms with Gasteiger partial charge in [-0.15, -0.1) is 102 Å². The van der Waals surface area contributed by atoms with E-state index in [2.05, 4.69) is 283 Å². The van der Waals surface area contributed by atoms with Gasteiger partial charge in [0.25, 0.3) is 0 Å². The number of thiophene rings is 9. The number of aryl methyl sites for hydroxylation is 8. The van der Waals surface area contributed by atoms with Crippen LogP contribution in [-0.2, 0) is 0 Å². The standard InChI is InChI=1S/C42H28N6S2.C38H26S2.C22H16N2S2.C22H16S3.8CH4/c1-25-23-31-33(41-45-37(27-15-7-3-8-16-27)43-38(46-41)28-17-9-4-10-18-28)36-32(24-26(2)50-36)34(35(31)49-25)42-47-39(29-19-11-5-12-20-29)44-40(48-42)30-21-13-6-14-22-30;1-23-21-33-35(28-19-17-27(18-20-28)30-15-7-11-25-9-3-5-13-29(25)30)37-34(22-24(2)39-37)36(38(33)40-23)32-16-8-12-26-10-4-6-14-31(26)32;1-13-9-17-19(15-5-3-7-23-11-15)22-18(10-14(2)26-22)20(21(17)25-13)16-6-4-8-24-12-16;1-13-11-16-19(15-7-4-3-5-8-15)21-17(12-14(2)24-21)20(22(16)25-13)18-9-6-10-23-18;;;;;;;;/h3-24H,1-2H3;3-22H,1-2H3;3-12H,1-2H3;3-12H,1-2H3;8*1H4. The van der Waals surface area contributed by atoms with E-state index in [1.54, 1.807) is 22.7 Å². The van der Waals surface area contributed by atoms with Crippen molar-refractivity contribution in [2.75, 3.05) is 0 Å². The smallest absolute Gasteiger partial charge is 0.166 e. The summed E-state index contributed by atoms with van der Waals surface area (Å²) in [6.45, 7) is 17.6. The van der Waals surface area contributed by atoms with E-state index in [1.807, 2.05) is 238 Å². The van der Waals surface area contributed by atoms with Crippen LogP contribution in [0.25, 0.3) is 248 Å². The number of benzene rings is 14. The van der Waals surface area contributed by atoms with Gasteiger partial charge in [-0.3, -0.25) is 9.97 Å². The van der Waals surface area contributed by atoms with Gasteiger partial charge in [-0.25, -0.2) is 29.9 Å². The van der Waals surface area contributed by atoms with Crippen molar-refractivity contribution in [1.29, 1.82) is 0 Å². The third kappa shape index (κ3) is 20.3. The summed E-state index contributed by atoms with van der Waals surface area (Å²) in [4.78, 5) is 51.2. The molecule has 13 aromatic heterocycles. The molecule has 0 aliphatic rings. The molecule has 149 heavy (non-hydrogen) atoms. The molecule has 0 bridgehead atoms. The second-order valence-electron chi connectivity index (χ2n) is 35.3. The molecule has 27 aromatic rings. The zero-order chi connectivity index (χ0) is 95.0. The van der Waals surface area contributed by atoms with Gasteiger partial charge in [0.1, 0.15) is 0 Å². The molecule has 0 saturated carbocycles. The van der Waals surface area contributed by atoms with Gasteiger partial charge in [-0.1, -0.05) is 338 Å². The van der Waals surface area contributed by atoms with Crippen LogP contribution < -0.4 is 0 Å². The van der Waals surface area contributed by atoms with Gasteiger partial charge < -0.3 is 0 Å². The fourth-order valence-corrected chi connectivity index (χ4v) is 29.4. The van der Waals surface area contributed by atoms with Crippen LogP contribution in [0.1, 0.15) is 98.4 Å². The first kappa shape index (κ1) is 107. The molecule has 0 aliphatic carbocycles. The second kappa shape index (κ2) is 45.6. The minimum absolute atomic E-state index is 0. The highest BCUT2D eigenvalue weighted by atomic mass is 32.1. The van der Waals surface area contributed by atoms with Crippen molar-refractivity contribution in [2.45, 2.75) is 115 Å². The van der Waals surface area contributed by atoms with Gasteiger partial charge in [-0.05, 0) is 177 Å². The minimum atomic E-state index is 0. The molecule has 0 amide bonds. The molecule has 13 heterocycles. The normalized spacial score (nSPS) is 10.9. The Hall–Kier alpha value is -14.7. The van der Waals surface area contributed by atoms with E-state index in [9.17, 15) is 0 Å². The molecule has 0 radical (unpaired) electrons. The van der Waals surface area contributed by atoms with Gasteiger partial charge in [-0.2, -0.15) is 0 Å². The van der Waals surface area contributed by atoms with Crippen LogP contribution in [-0.4, -0.2) is 39.9 Å². The van der Waals surface area contributed by atoms with Crippen molar-refractivity contribution in [3.05, 3.63) is 415 Å². The van der Waals surface area contributed by atoms with Crippen LogP contribution in [0.5, 0.6) is 0 Å². The number of hydrogen-bond acceptors (Lipinski definition) is 17.